The van der Waals surface area contributed by atoms with E-state index >= 15 is 0 Å². The van der Waals surface area contributed by atoms with Crippen molar-refractivity contribution in [1.82, 2.24) is 14.9 Å². The lowest BCUT2D eigenvalue weighted by Crippen LogP contribution is -2.36. The molecule has 0 aromatic carbocycles. The molecule has 2 N–H and O–H groups in total. The number of fused-ring (bicyclic) bond motifs is 3. The molecule has 6 nitrogen and oxygen atoms in total. The van der Waals surface area contributed by atoms with E-state index in [1.165, 1.54) is 10.4 Å². The number of aromatic nitrogens is 2. The van der Waals surface area contributed by atoms with E-state index in [0.29, 0.717) is 31.4 Å². The first kappa shape index (κ1) is 21.2. The fraction of sp³-hybridized carbons (Fsp3) is 0.619. The molecule has 2 heterocycles. The molecule has 0 aliphatic heterocycles. The zero-order chi connectivity index (χ0) is 20.3. The smallest absolute Gasteiger partial charge is 0.259 e. The van der Waals surface area contributed by atoms with Crippen molar-refractivity contribution in [2.75, 3.05) is 19.7 Å². The third kappa shape index (κ3) is 5.08. The van der Waals surface area contributed by atoms with Crippen LogP contribution in [0.15, 0.2) is 17.4 Å². The van der Waals surface area contributed by atoms with E-state index in [4.69, 9.17) is 9.72 Å². The van der Waals surface area contributed by atoms with Crippen molar-refractivity contribution in [3.8, 4) is 0 Å². The number of thiophene rings is 1. The van der Waals surface area contributed by atoms with E-state index in [0.717, 1.165) is 29.5 Å². The number of rotatable bonds is 9. The van der Waals surface area contributed by atoms with Gasteiger partial charge in [0.15, 0.2) is 0 Å². The zero-order valence-corrected chi connectivity index (χ0v) is 17.8. The first-order valence-electron chi connectivity index (χ1n) is 10.0. The topological polar surface area (TPSA) is 78.5 Å². The summed E-state index contributed by atoms with van der Waals surface area (Å²) in [6.45, 7) is 11.7. The highest BCUT2D eigenvalue weighted by Gasteiger charge is 2.23. The van der Waals surface area contributed by atoms with Gasteiger partial charge in [-0.15, -0.1) is 17.9 Å². The van der Waals surface area contributed by atoms with Gasteiger partial charge in [-0.25, -0.2) is 4.98 Å². The fourth-order valence-corrected chi connectivity index (χ4v) is 5.12. The van der Waals surface area contributed by atoms with Crippen molar-refractivity contribution in [3.05, 3.63) is 39.3 Å². The third-order valence-electron chi connectivity index (χ3n) is 5.07. The SMILES string of the molecule is C=CCN(Cc1nc2sc3c(c2c(=O)[nH]1)CC[C@@H](C)C3)C[C@H](O)COC(C)C. The van der Waals surface area contributed by atoms with Crippen molar-refractivity contribution >= 4 is 21.6 Å². The van der Waals surface area contributed by atoms with Crippen LogP contribution in [0.5, 0.6) is 0 Å². The Morgan fingerprint density at radius 3 is 3.00 bits per heavy atom. The molecular formula is C21H31N3O3S. The highest BCUT2D eigenvalue weighted by molar-refractivity contribution is 7.18. The summed E-state index contributed by atoms with van der Waals surface area (Å²) in [6.07, 6.45) is 4.39. The zero-order valence-electron chi connectivity index (χ0n) is 17.0. The number of ether oxygens (including phenoxy) is 1. The van der Waals surface area contributed by atoms with Gasteiger partial charge in [0.2, 0.25) is 0 Å². The van der Waals surface area contributed by atoms with E-state index < -0.39 is 6.10 Å². The minimum atomic E-state index is -0.603. The highest BCUT2D eigenvalue weighted by Crippen LogP contribution is 2.35. The maximum atomic E-state index is 12.8. The molecule has 0 fully saturated rings. The average Bonchev–Trinajstić information content (AvgIpc) is 2.97. The number of aliphatic hydroxyl groups excluding tert-OH is 1. The normalized spacial score (nSPS) is 18.0. The quantitative estimate of drug-likeness (QED) is 0.627. The van der Waals surface area contributed by atoms with Crippen molar-refractivity contribution in [2.45, 2.75) is 58.8 Å². The Balaban J connectivity index is 1.78. The molecule has 1 aliphatic rings. The number of H-pyrrole nitrogens is 1. The van der Waals surface area contributed by atoms with Crippen LogP contribution >= 0.6 is 11.3 Å². The van der Waals surface area contributed by atoms with Crippen LogP contribution in [0.25, 0.3) is 10.2 Å². The van der Waals surface area contributed by atoms with Crippen LogP contribution in [0.3, 0.4) is 0 Å². The summed E-state index contributed by atoms with van der Waals surface area (Å²) in [5, 5.41) is 11.0. The summed E-state index contributed by atoms with van der Waals surface area (Å²) in [7, 11) is 0. The molecule has 7 heteroatoms. The van der Waals surface area contributed by atoms with Gasteiger partial charge in [0.05, 0.1) is 30.7 Å². The van der Waals surface area contributed by atoms with Crippen molar-refractivity contribution in [3.63, 3.8) is 0 Å². The van der Waals surface area contributed by atoms with Gasteiger partial charge in [-0.05, 0) is 44.6 Å². The Morgan fingerprint density at radius 2 is 2.29 bits per heavy atom. The second-order valence-electron chi connectivity index (χ2n) is 8.06. The number of aryl methyl sites for hydroxylation is 1. The lowest BCUT2D eigenvalue weighted by molar-refractivity contribution is -0.00834. The predicted octanol–water partition coefficient (Wildman–Crippen LogP) is 2.88. The molecule has 0 unspecified atom stereocenters. The van der Waals surface area contributed by atoms with Gasteiger partial charge in [-0.2, -0.15) is 0 Å². The van der Waals surface area contributed by atoms with Gasteiger partial charge in [0, 0.05) is 18.0 Å². The van der Waals surface area contributed by atoms with Crippen molar-refractivity contribution < 1.29 is 9.84 Å². The molecule has 0 bridgehead atoms. The monoisotopic (exact) mass is 405 g/mol. The summed E-state index contributed by atoms with van der Waals surface area (Å²) in [6, 6.07) is 0. The van der Waals surface area contributed by atoms with Gasteiger partial charge in [-0.3, -0.25) is 9.69 Å². The molecule has 0 radical (unpaired) electrons. The number of aromatic amines is 1. The molecule has 0 amide bonds. The standard InChI is InChI=1S/C21H31N3O3S/c1-5-8-24(10-15(25)12-27-13(2)3)11-18-22-20(26)19-16-7-6-14(4)9-17(16)28-21(19)23-18/h5,13-15,25H,1,6-12H2,2-4H3,(H,22,23,26)/t14-,15+/m1/s1. The Hall–Kier alpha value is -1.54. The molecular weight excluding hydrogens is 374 g/mol. The molecule has 1 aliphatic carbocycles. The number of hydrogen-bond donors (Lipinski definition) is 2. The summed E-state index contributed by atoms with van der Waals surface area (Å²) in [4.78, 5) is 24.6. The second kappa shape index (κ2) is 9.31. The highest BCUT2D eigenvalue weighted by atomic mass is 32.1. The maximum Gasteiger partial charge on any atom is 0.259 e. The molecule has 2 aromatic heterocycles. The molecule has 2 atom stereocenters. The average molecular weight is 406 g/mol. The summed E-state index contributed by atoms with van der Waals surface area (Å²) < 4.78 is 5.49. The van der Waals surface area contributed by atoms with Crippen LogP contribution in [0.1, 0.15) is 43.5 Å². The number of hydrogen-bond acceptors (Lipinski definition) is 6. The number of nitrogens with one attached hydrogen (secondary N) is 1. The molecule has 0 spiro atoms. The molecule has 3 rings (SSSR count). The Morgan fingerprint density at radius 1 is 1.50 bits per heavy atom. The van der Waals surface area contributed by atoms with Gasteiger partial charge < -0.3 is 14.8 Å². The largest absolute Gasteiger partial charge is 0.389 e. The summed E-state index contributed by atoms with van der Waals surface area (Å²) in [5.74, 6) is 1.29. The van der Waals surface area contributed by atoms with Gasteiger partial charge in [0.1, 0.15) is 10.7 Å². The molecule has 0 saturated heterocycles. The minimum absolute atomic E-state index is 0.0469. The summed E-state index contributed by atoms with van der Waals surface area (Å²) in [5.41, 5.74) is 1.15. The van der Waals surface area contributed by atoms with Crippen LogP contribution in [0, 0.1) is 5.92 Å². The van der Waals surface area contributed by atoms with Gasteiger partial charge >= 0.3 is 0 Å². The first-order valence-corrected chi connectivity index (χ1v) is 10.8. The lowest BCUT2D eigenvalue weighted by atomic mass is 9.89. The number of nitrogens with zero attached hydrogens (tertiary/aromatic N) is 2. The summed E-state index contributed by atoms with van der Waals surface area (Å²) >= 11 is 1.66. The Bertz CT molecular complexity index is 874. The molecule has 28 heavy (non-hydrogen) atoms. The third-order valence-corrected chi connectivity index (χ3v) is 6.21. The van der Waals surface area contributed by atoms with Crippen LogP contribution in [-0.4, -0.2) is 51.9 Å². The van der Waals surface area contributed by atoms with Gasteiger partial charge in [-0.1, -0.05) is 13.0 Å². The fourth-order valence-electron chi connectivity index (χ4n) is 3.72. The van der Waals surface area contributed by atoms with E-state index in [9.17, 15) is 9.90 Å². The molecule has 2 aromatic rings. The van der Waals surface area contributed by atoms with E-state index in [-0.39, 0.29) is 18.3 Å². The van der Waals surface area contributed by atoms with Crippen molar-refractivity contribution in [2.24, 2.45) is 5.92 Å². The predicted molar refractivity (Wildman–Crippen MR) is 114 cm³/mol. The molecule has 0 saturated carbocycles. The van der Waals surface area contributed by atoms with Crippen LogP contribution in [0.2, 0.25) is 0 Å². The Labute approximate surface area is 170 Å². The minimum Gasteiger partial charge on any atom is -0.389 e. The maximum absolute atomic E-state index is 12.8. The van der Waals surface area contributed by atoms with Gasteiger partial charge in [0.25, 0.3) is 5.56 Å². The van der Waals surface area contributed by atoms with Crippen molar-refractivity contribution in [1.29, 1.82) is 0 Å². The molecule has 154 valence electrons. The van der Waals surface area contributed by atoms with E-state index in [2.05, 4.69) is 18.5 Å². The van der Waals surface area contributed by atoms with E-state index in [1.807, 2.05) is 18.7 Å². The van der Waals surface area contributed by atoms with Crippen LogP contribution < -0.4 is 5.56 Å². The Kier molecular flexibility index (Phi) is 7.04. The lowest BCUT2D eigenvalue weighted by Gasteiger charge is -2.23. The van der Waals surface area contributed by atoms with E-state index in [1.54, 1.807) is 17.4 Å². The first-order chi connectivity index (χ1) is 13.4. The van der Waals surface area contributed by atoms with Crippen LogP contribution in [-0.2, 0) is 24.1 Å². The number of aliphatic hydroxyl groups is 1. The van der Waals surface area contributed by atoms with Crippen LogP contribution in [0.4, 0.5) is 0 Å². The second-order valence-corrected chi connectivity index (χ2v) is 9.15.